The molecule has 0 saturated heterocycles. The Hall–Kier alpha value is -4.86. The van der Waals surface area contributed by atoms with Gasteiger partial charge in [0.1, 0.15) is 11.6 Å². The van der Waals surface area contributed by atoms with Gasteiger partial charge in [-0.3, -0.25) is 19.7 Å². The molecule has 10 heteroatoms. The Bertz CT molecular complexity index is 1590. The summed E-state index contributed by atoms with van der Waals surface area (Å²) in [5.74, 6) is -4.55. The zero-order valence-corrected chi connectivity index (χ0v) is 17.7. The Balaban J connectivity index is 1.49. The number of hydrogen-bond acceptors (Lipinski definition) is 5. The molecular formula is C25H14F3N5O2. The first-order valence-corrected chi connectivity index (χ1v) is 10.3. The van der Waals surface area contributed by atoms with Crippen LogP contribution in [0.15, 0.2) is 73.2 Å². The minimum Gasteiger partial charge on any atom is -0.319 e. The lowest BCUT2D eigenvalue weighted by molar-refractivity contribution is 0.101. The van der Waals surface area contributed by atoms with Crippen molar-refractivity contribution in [1.29, 1.82) is 0 Å². The zero-order chi connectivity index (χ0) is 24.5. The van der Waals surface area contributed by atoms with Gasteiger partial charge in [-0.15, -0.1) is 0 Å². The SMILES string of the molecule is O=C(Nc1ccc(F)c(C(=O)c2ccc3ncc(-c4cn[nH]c4)nc3c2)c1F)c1ccc(F)cc1. The second-order valence-electron chi connectivity index (χ2n) is 7.52. The number of anilines is 1. The topological polar surface area (TPSA) is 101 Å². The van der Waals surface area contributed by atoms with E-state index in [1.807, 2.05) is 0 Å². The molecule has 0 spiro atoms. The van der Waals surface area contributed by atoms with Gasteiger partial charge in [-0.05, 0) is 54.6 Å². The first-order valence-electron chi connectivity index (χ1n) is 10.3. The number of ketones is 1. The van der Waals surface area contributed by atoms with E-state index in [0.717, 1.165) is 24.3 Å². The molecule has 1 amide bonds. The molecule has 5 rings (SSSR count). The third kappa shape index (κ3) is 4.24. The van der Waals surface area contributed by atoms with Crippen LogP contribution in [0.4, 0.5) is 18.9 Å². The Morgan fingerprint density at radius 1 is 0.857 bits per heavy atom. The van der Waals surface area contributed by atoms with Crippen molar-refractivity contribution in [3.8, 4) is 11.3 Å². The lowest BCUT2D eigenvalue weighted by atomic mass is 10.0. The molecule has 0 atom stereocenters. The number of nitrogens with one attached hydrogen (secondary N) is 2. The quantitative estimate of drug-likeness (QED) is 0.353. The molecule has 5 aromatic rings. The zero-order valence-electron chi connectivity index (χ0n) is 17.7. The van der Waals surface area contributed by atoms with Crippen molar-refractivity contribution in [1.82, 2.24) is 20.2 Å². The Kier molecular flexibility index (Phi) is 5.54. The summed E-state index contributed by atoms with van der Waals surface area (Å²) in [5.41, 5.74) is 0.815. The summed E-state index contributed by atoms with van der Waals surface area (Å²) < 4.78 is 42.9. The lowest BCUT2D eigenvalue weighted by Gasteiger charge is -2.11. The number of carbonyl (C=O) groups excluding carboxylic acids is 2. The van der Waals surface area contributed by atoms with Crippen LogP contribution in [0.3, 0.4) is 0 Å². The Morgan fingerprint density at radius 2 is 1.63 bits per heavy atom. The highest BCUT2D eigenvalue weighted by atomic mass is 19.1. The summed E-state index contributed by atoms with van der Waals surface area (Å²) in [7, 11) is 0. The van der Waals surface area contributed by atoms with Gasteiger partial charge >= 0.3 is 0 Å². The summed E-state index contributed by atoms with van der Waals surface area (Å²) in [5, 5.41) is 8.81. The fraction of sp³-hybridized carbons (Fsp3) is 0. The van der Waals surface area contributed by atoms with E-state index in [4.69, 9.17) is 0 Å². The van der Waals surface area contributed by atoms with E-state index in [1.165, 1.54) is 30.3 Å². The van der Waals surface area contributed by atoms with Gasteiger partial charge in [-0.25, -0.2) is 18.2 Å². The minimum atomic E-state index is -1.23. The first-order chi connectivity index (χ1) is 16.9. The van der Waals surface area contributed by atoms with Crippen molar-refractivity contribution in [3.63, 3.8) is 0 Å². The van der Waals surface area contributed by atoms with E-state index in [1.54, 1.807) is 18.6 Å². The summed E-state index contributed by atoms with van der Waals surface area (Å²) in [6, 6.07) is 10.8. The molecule has 0 aliphatic heterocycles. The molecule has 2 N–H and O–H groups in total. The van der Waals surface area contributed by atoms with E-state index in [2.05, 4.69) is 25.5 Å². The Labute approximate surface area is 195 Å². The van der Waals surface area contributed by atoms with Crippen molar-refractivity contribution in [2.45, 2.75) is 0 Å². The van der Waals surface area contributed by atoms with Crippen molar-refractivity contribution >= 4 is 28.4 Å². The summed E-state index contributed by atoms with van der Waals surface area (Å²) in [6.45, 7) is 0. The number of benzene rings is 3. The third-order valence-electron chi connectivity index (χ3n) is 5.27. The number of nitrogens with zero attached hydrogens (tertiary/aromatic N) is 3. The fourth-order valence-electron chi connectivity index (χ4n) is 3.48. The molecule has 0 aliphatic carbocycles. The predicted molar refractivity (Wildman–Crippen MR) is 121 cm³/mol. The van der Waals surface area contributed by atoms with E-state index in [-0.39, 0.29) is 11.1 Å². The van der Waals surface area contributed by atoms with Crippen molar-refractivity contribution in [3.05, 3.63) is 107 Å². The van der Waals surface area contributed by atoms with Gasteiger partial charge in [0.2, 0.25) is 0 Å². The summed E-state index contributed by atoms with van der Waals surface area (Å²) >= 11 is 0. The predicted octanol–water partition coefficient (Wildman–Crippen LogP) is 4.92. The number of halogens is 3. The van der Waals surface area contributed by atoms with Crippen LogP contribution in [0, 0.1) is 17.5 Å². The largest absolute Gasteiger partial charge is 0.319 e. The normalized spacial score (nSPS) is 10.9. The van der Waals surface area contributed by atoms with Gasteiger partial charge in [-0.1, -0.05) is 0 Å². The lowest BCUT2D eigenvalue weighted by Crippen LogP contribution is -2.16. The summed E-state index contributed by atoms with van der Waals surface area (Å²) in [6.07, 6.45) is 4.73. The van der Waals surface area contributed by atoms with Crippen molar-refractivity contribution in [2.75, 3.05) is 5.32 Å². The van der Waals surface area contributed by atoms with E-state index < -0.39 is 40.4 Å². The van der Waals surface area contributed by atoms with Crippen LogP contribution >= 0.6 is 0 Å². The molecule has 2 heterocycles. The van der Waals surface area contributed by atoms with Gasteiger partial charge in [0, 0.05) is 22.9 Å². The van der Waals surface area contributed by atoms with Gasteiger partial charge in [0.15, 0.2) is 11.6 Å². The molecular weight excluding hydrogens is 459 g/mol. The van der Waals surface area contributed by atoms with Crippen LogP contribution in [-0.4, -0.2) is 31.9 Å². The van der Waals surface area contributed by atoms with Crippen LogP contribution in [0.1, 0.15) is 26.3 Å². The molecule has 0 unspecified atom stereocenters. The molecule has 35 heavy (non-hydrogen) atoms. The van der Waals surface area contributed by atoms with Gasteiger partial charge in [0.25, 0.3) is 5.91 Å². The summed E-state index contributed by atoms with van der Waals surface area (Å²) in [4.78, 5) is 34.2. The molecule has 7 nitrogen and oxygen atoms in total. The van der Waals surface area contributed by atoms with Crippen LogP contribution in [0.5, 0.6) is 0 Å². The second kappa shape index (κ2) is 8.82. The third-order valence-corrected chi connectivity index (χ3v) is 5.27. The molecule has 0 fully saturated rings. The number of aromatic nitrogens is 4. The number of aromatic amines is 1. The maximum absolute atomic E-state index is 15.2. The minimum absolute atomic E-state index is 0.0176. The monoisotopic (exact) mass is 473 g/mol. The van der Waals surface area contributed by atoms with E-state index in [0.29, 0.717) is 22.3 Å². The Morgan fingerprint density at radius 3 is 2.37 bits per heavy atom. The van der Waals surface area contributed by atoms with Crippen LogP contribution < -0.4 is 5.32 Å². The highest BCUT2D eigenvalue weighted by Gasteiger charge is 2.23. The molecule has 0 radical (unpaired) electrons. The molecule has 0 saturated carbocycles. The maximum Gasteiger partial charge on any atom is 0.255 e. The van der Waals surface area contributed by atoms with Gasteiger partial charge in [0.05, 0.1) is 40.4 Å². The van der Waals surface area contributed by atoms with Crippen molar-refractivity contribution in [2.24, 2.45) is 0 Å². The average molecular weight is 473 g/mol. The highest BCUT2D eigenvalue weighted by molar-refractivity contribution is 6.12. The van der Waals surface area contributed by atoms with E-state index in [9.17, 15) is 18.4 Å². The second-order valence-corrected chi connectivity index (χ2v) is 7.52. The number of carbonyl (C=O) groups is 2. The number of rotatable bonds is 5. The average Bonchev–Trinajstić information content (AvgIpc) is 3.40. The fourth-order valence-corrected chi connectivity index (χ4v) is 3.48. The molecule has 0 bridgehead atoms. The van der Waals surface area contributed by atoms with Crippen molar-refractivity contribution < 1.29 is 22.8 Å². The number of hydrogen-bond donors (Lipinski definition) is 2. The number of amides is 1. The number of fused-ring (bicyclic) bond motifs is 1. The van der Waals surface area contributed by atoms with Gasteiger partial charge < -0.3 is 5.32 Å². The number of H-pyrrole nitrogens is 1. The van der Waals surface area contributed by atoms with Crippen LogP contribution in [0.2, 0.25) is 0 Å². The van der Waals surface area contributed by atoms with E-state index >= 15 is 4.39 Å². The van der Waals surface area contributed by atoms with Crippen LogP contribution in [0.25, 0.3) is 22.3 Å². The maximum atomic E-state index is 15.2. The van der Waals surface area contributed by atoms with Crippen LogP contribution in [-0.2, 0) is 0 Å². The molecule has 3 aromatic carbocycles. The highest BCUT2D eigenvalue weighted by Crippen LogP contribution is 2.26. The standard InChI is InChI=1S/C25H14F3N5O2/c26-16-4-1-13(2-5-16)25(35)33-19-8-6-17(27)22(23(19)28)24(34)14-3-7-18-20(9-14)32-21(12-29-18)15-10-30-31-11-15/h1-12H,(H,30,31)(H,33,35). The van der Waals surface area contributed by atoms with Gasteiger partial charge in [-0.2, -0.15) is 5.10 Å². The first kappa shape index (κ1) is 22.0. The smallest absolute Gasteiger partial charge is 0.255 e. The molecule has 172 valence electrons. The molecule has 2 aromatic heterocycles. The molecule has 0 aliphatic rings.